The number of nitrogens with zero attached hydrogens (tertiary/aromatic N) is 2. The van der Waals surface area contributed by atoms with Gasteiger partial charge < -0.3 is 5.32 Å². The molecule has 1 N–H and O–H groups in total. The molecule has 0 atom stereocenters. The minimum absolute atomic E-state index is 0.0158. The van der Waals surface area contributed by atoms with Crippen molar-refractivity contribution in [3.63, 3.8) is 0 Å². The van der Waals surface area contributed by atoms with Crippen LogP contribution in [0.1, 0.15) is 21.5 Å². The van der Waals surface area contributed by atoms with Gasteiger partial charge in [-0.05, 0) is 36.2 Å². The molecule has 0 aliphatic rings. The van der Waals surface area contributed by atoms with Crippen molar-refractivity contribution in [2.24, 2.45) is 0 Å². The summed E-state index contributed by atoms with van der Waals surface area (Å²) in [5.74, 6) is -0.451. The molecule has 1 amide bonds. The summed E-state index contributed by atoms with van der Waals surface area (Å²) in [6.45, 7) is 2.17. The summed E-state index contributed by atoms with van der Waals surface area (Å²) in [5.41, 5.74) is 1.95. The normalized spacial score (nSPS) is 10.7. The van der Waals surface area contributed by atoms with E-state index in [1.807, 2.05) is 25.1 Å². The second-order valence-electron chi connectivity index (χ2n) is 5.17. The lowest BCUT2D eigenvalue weighted by Gasteiger charge is -2.07. The standard InChI is InChI=1S/C17H14ClN3O2/c1-11-3-2-8-21-15(11)19-10-14(17(21)23)16(22)20-9-12-4-6-13(18)7-5-12/h2-8,10H,9H2,1H3,(H,20,22). The first kappa shape index (κ1) is 15.2. The fourth-order valence-corrected chi connectivity index (χ4v) is 2.41. The molecular formula is C17H14ClN3O2. The Hall–Kier alpha value is -2.66. The molecule has 23 heavy (non-hydrogen) atoms. The summed E-state index contributed by atoms with van der Waals surface area (Å²) in [5, 5.41) is 3.35. The van der Waals surface area contributed by atoms with E-state index in [1.54, 1.807) is 24.4 Å². The summed E-state index contributed by atoms with van der Waals surface area (Å²) < 4.78 is 1.38. The number of hydrogen-bond acceptors (Lipinski definition) is 3. The molecule has 1 aromatic carbocycles. The molecular weight excluding hydrogens is 314 g/mol. The zero-order chi connectivity index (χ0) is 16.4. The van der Waals surface area contributed by atoms with Gasteiger partial charge in [0.25, 0.3) is 11.5 Å². The highest BCUT2D eigenvalue weighted by Gasteiger charge is 2.13. The van der Waals surface area contributed by atoms with Crippen LogP contribution < -0.4 is 10.9 Å². The maximum absolute atomic E-state index is 12.4. The van der Waals surface area contributed by atoms with Crippen molar-refractivity contribution in [1.82, 2.24) is 14.7 Å². The molecule has 0 saturated heterocycles. The van der Waals surface area contributed by atoms with Crippen LogP contribution in [0.4, 0.5) is 0 Å². The number of carbonyl (C=O) groups excluding carboxylic acids is 1. The number of hydrogen-bond donors (Lipinski definition) is 1. The third-order valence-electron chi connectivity index (χ3n) is 3.54. The number of carbonyl (C=O) groups is 1. The van der Waals surface area contributed by atoms with Crippen molar-refractivity contribution in [2.45, 2.75) is 13.5 Å². The van der Waals surface area contributed by atoms with Crippen LogP contribution in [0, 0.1) is 6.92 Å². The van der Waals surface area contributed by atoms with Crippen molar-refractivity contribution in [3.05, 3.63) is 80.9 Å². The Bertz CT molecular complexity index is 933. The van der Waals surface area contributed by atoms with Gasteiger partial charge >= 0.3 is 0 Å². The van der Waals surface area contributed by atoms with Crippen molar-refractivity contribution in [2.75, 3.05) is 0 Å². The maximum Gasteiger partial charge on any atom is 0.270 e. The van der Waals surface area contributed by atoms with Gasteiger partial charge in [0, 0.05) is 24.0 Å². The van der Waals surface area contributed by atoms with E-state index in [0.29, 0.717) is 17.2 Å². The smallest absolute Gasteiger partial charge is 0.270 e. The van der Waals surface area contributed by atoms with E-state index in [0.717, 1.165) is 11.1 Å². The van der Waals surface area contributed by atoms with Crippen LogP contribution in [0.2, 0.25) is 5.02 Å². The van der Waals surface area contributed by atoms with E-state index < -0.39 is 5.91 Å². The van der Waals surface area contributed by atoms with Crippen LogP contribution in [0.25, 0.3) is 5.65 Å². The van der Waals surface area contributed by atoms with Gasteiger partial charge in [0.15, 0.2) is 0 Å². The fraction of sp³-hybridized carbons (Fsp3) is 0.118. The third-order valence-corrected chi connectivity index (χ3v) is 3.79. The van der Waals surface area contributed by atoms with Gasteiger partial charge in [-0.2, -0.15) is 0 Å². The minimum atomic E-state index is -0.451. The quantitative estimate of drug-likeness (QED) is 0.804. The Kier molecular flexibility index (Phi) is 4.12. The number of amides is 1. The number of pyridine rings is 1. The molecule has 3 rings (SSSR count). The van der Waals surface area contributed by atoms with Gasteiger partial charge in [-0.25, -0.2) is 4.98 Å². The first-order valence-corrected chi connectivity index (χ1v) is 7.43. The molecule has 0 fully saturated rings. The van der Waals surface area contributed by atoms with Crippen molar-refractivity contribution < 1.29 is 4.79 Å². The highest BCUT2D eigenvalue weighted by Crippen LogP contribution is 2.09. The van der Waals surface area contributed by atoms with Gasteiger partial charge in [-0.15, -0.1) is 0 Å². The van der Waals surface area contributed by atoms with E-state index in [4.69, 9.17) is 11.6 Å². The second-order valence-corrected chi connectivity index (χ2v) is 5.61. The fourth-order valence-electron chi connectivity index (χ4n) is 2.28. The first-order chi connectivity index (χ1) is 11.1. The van der Waals surface area contributed by atoms with E-state index >= 15 is 0 Å². The van der Waals surface area contributed by atoms with Gasteiger partial charge in [-0.3, -0.25) is 14.0 Å². The third kappa shape index (κ3) is 3.10. The van der Waals surface area contributed by atoms with Crippen molar-refractivity contribution in [3.8, 4) is 0 Å². The van der Waals surface area contributed by atoms with Crippen LogP contribution in [0.5, 0.6) is 0 Å². The van der Waals surface area contributed by atoms with Crippen molar-refractivity contribution in [1.29, 1.82) is 0 Å². The molecule has 3 aromatic rings. The molecule has 0 spiro atoms. The second kappa shape index (κ2) is 6.22. The lowest BCUT2D eigenvalue weighted by atomic mass is 10.2. The van der Waals surface area contributed by atoms with Crippen molar-refractivity contribution >= 4 is 23.2 Å². The maximum atomic E-state index is 12.4. The van der Waals surface area contributed by atoms with E-state index in [-0.39, 0.29) is 11.1 Å². The molecule has 0 saturated carbocycles. The number of fused-ring (bicyclic) bond motifs is 1. The topological polar surface area (TPSA) is 63.5 Å². The van der Waals surface area contributed by atoms with Gasteiger partial charge in [-0.1, -0.05) is 29.8 Å². The number of aryl methyl sites for hydroxylation is 1. The molecule has 5 nitrogen and oxygen atoms in total. The van der Waals surface area contributed by atoms with Crippen LogP contribution in [0.15, 0.2) is 53.6 Å². The molecule has 0 aliphatic carbocycles. The molecule has 2 aromatic heterocycles. The zero-order valence-corrected chi connectivity index (χ0v) is 13.2. The molecule has 0 unspecified atom stereocenters. The van der Waals surface area contributed by atoms with E-state index in [9.17, 15) is 9.59 Å². The summed E-state index contributed by atoms with van der Waals surface area (Å²) >= 11 is 5.82. The first-order valence-electron chi connectivity index (χ1n) is 7.06. The largest absolute Gasteiger partial charge is 0.348 e. The van der Waals surface area contributed by atoms with E-state index in [1.165, 1.54) is 10.6 Å². The molecule has 0 bridgehead atoms. The Morgan fingerprint density at radius 2 is 2.00 bits per heavy atom. The lowest BCUT2D eigenvalue weighted by molar-refractivity contribution is 0.0949. The number of benzene rings is 1. The monoisotopic (exact) mass is 327 g/mol. The van der Waals surface area contributed by atoms with Gasteiger partial charge in [0.05, 0.1) is 0 Å². The molecule has 6 heteroatoms. The number of aromatic nitrogens is 2. The highest BCUT2D eigenvalue weighted by atomic mass is 35.5. The summed E-state index contributed by atoms with van der Waals surface area (Å²) in [7, 11) is 0. The Morgan fingerprint density at radius 1 is 1.26 bits per heavy atom. The van der Waals surface area contributed by atoms with Crippen LogP contribution >= 0.6 is 11.6 Å². The average molecular weight is 328 g/mol. The number of halogens is 1. The Balaban J connectivity index is 1.85. The van der Waals surface area contributed by atoms with Crippen LogP contribution in [-0.4, -0.2) is 15.3 Å². The predicted octanol–water partition coefficient (Wildman–Crippen LogP) is 2.59. The number of nitrogens with one attached hydrogen (secondary N) is 1. The average Bonchev–Trinajstić information content (AvgIpc) is 2.55. The predicted molar refractivity (Wildman–Crippen MR) is 88.8 cm³/mol. The summed E-state index contributed by atoms with van der Waals surface area (Å²) in [6.07, 6.45) is 2.93. The minimum Gasteiger partial charge on any atom is -0.348 e. The highest BCUT2D eigenvalue weighted by molar-refractivity contribution is 6.30. The molecule has 0 aliphatic heterocycles. The number of rotatable bonds is 3. The molecule has 116 valence electrons. The van der Waals surface area contributed by atoms with Crippen LogP contribution in [0.3, 0.4) is 0 Å². The zero-order valence-electron chi connectivity index (χ0n) is 12.4. The molecule has 0 radical (unpaired) electrons. The van der Waals surface area contributed by atoms with Gasteiger partial charge in [0.2, 0.25) is 0 Å². The summed E-state index contributed by atoms with van der Waals surface area (Å²) in [4.78, 5) is 28.9. The lowest BCUT2D eigenvalue weighted by Crippen LogP contribution is -2.31. The molecule has 2 heterocycles. The summed E-state index contributed by atoms with van der Waals surface area (Å²) in [6, 6.07) is 10.7. The van der Waals surface area contributed by atoms with Gasteiger partial charge in [0.1, 0.15) is 11.2 Å². The Labute approximate surface area is 137 Å². The Morgan fingerprint density at radius 3 is 2.74 bits per heavy atom. The van der Waals surface area contributed by atoms with E-state index in [2.05, 4.69) is 10.3 Å². The van der Waals surface area contributed by atoms with Crippen LogP contribution in [-0.2, 0) is 6.54 Å². The SMILES string of the molecule is Cc1cccn2c(=O)c(C(=O)NCc3ccc(Cl)cc3)cnc12.